The second-order valence-electron chi connectivity index (χ2n) is 2.87. The van der Waals surface area contributed by atoms with E-state index in [1.165, 1.54) is 0 Å². The summed E-state index contributed by atoms with van der Waals surface area (Å²) in [4.78, 5) is 0. The molecule has 0 aliphatic carbocycles. The van der Waals surface area contributed by atoms with E-state index in [1.54, 1.807) is 19.1 Å². The summed E-state index contributed by atoms with van der Waals surface area (Å²) >= 11 is 3.36. The molecule has 0 aromatic heterocycles. The van der Waals surface area contributed by atoms with Gasteiger partial charge in [0.15, 0.2) is 17.8 Å². The Morgan fingerprint density at radius 1 is 1.54 bits per heavy atom. The fourth-order valence-electron chi connectivity index (χ4n) is 1.26. The maximum Gasteiger partial charge on any atom is 0.197 e. The Hall–Kier alpha value is -0.740. The Kier molecular flexibility index (Phi) is 2.17. The number of phenols is 1. The van der Waals surface area contributed by atoms with Crippen molar-refractivity contribution in [3.05, 3.63) is 22.2 Å². The van der Waals surface area contributed by atoms with E-state index in [1.807, 2.05) is 0 Å². The van der Waals surface area contributed by atoms with E-state index < -0.39 is 0 Å². The third-order valence-corrected chi connectivity index (χ3v) is 2.67. The Labute approximate surface area is 84.4 Å². The molecule has 0 radical (unpaired) electrons. The molecule has 3 nitrogen and oxygen atoms in total. The van der Waals surface area contributed by atoms with Crippen LogP contribution in [-0.4, -0.2) is 11.4 Å². The van der Waals surface area contributed by atoms with Crippen LogP contribution in [0.25, 0.3) is 0 Å². The Morgan fingerprint density at radius 2 is 2.31 bits per heavy atom. The van der Waals surface area contributed by atoms with Gasteiger partial charge in [0.25, 0.3) is 0 Å². The van der Waals surface area contributed by atoms with Crippen molar-refractivity contribution in [2.24, 2.45) is 0 Å². The first-order valence-corrected chi connectivity index (χ1v) is 4.76. The average Bonchev–Trinajstić information content (AvgIpc) is 2.12. The van der Waals surface area contributed by atoms with E-state index in [9.17, 15) is 5.11 Å². The molecule has 1 atom stereocenters. The number of hydrogen-bond donors (Lipinski definition) is 1. The highest BCUT2D eigenvalue weighted by Gasteiger charge is 2.21. The summed E-state index contributed by atoms with van der Waals surface area (Å²) in [5.41, 5.74) is 0.859. The van der Waals surface area contributed by atoms with Gasteiger partial charge in [-0.25, -0.2) is 0 Å². The minimum Gasteiger partial charge on any atom is -0.504 e. The van der Waals surface area contributed by atoms with E-state index in [4.69, 9.17) is 9.47 Å². The molecule has 1 N–H and O–H groups in total. The lowest BCUT2D eigenvalue weighted by Gasteiger charge is -2.24. The highest BCUT2D eigenvalue weighted by molar-refractivity contribution is 9.10. The van der Waals surface area contributed by atoms with Gasteiger partial charge in [0.05, 0.1) is 6.61 Å². The number of rotatable bonds is 0. The molecule has 1 aromatic rings. The lowest BCUT2D eigenvalue weighted by Crippen LogP contribution is -2.22. The molecule has 1 aliphatic rings. The zero-order valence-electron chi connectivity index (χ0n) is 7.08. The predicted octanol–water partition coefficient (Wildman–Crippen LogP) is 2.41. The molecule has 70 valence electrons. The van der Waals surface area contributed by atoms with Gasteiger partial charge in [0.1, 0.15) is 0 Å². The van der Waals surface area contributed by atoms with Crippen molar-refractivity contribution in [1.29, 1.82) is 0 Å². The summed E-state index contributed by atoms with van der Waals surface area (Å²) < 4.78 is 11.5. The summed E-state index contributed by atoms with van der Waals surface area (Å²) in [5.74, 6) is 0.682. The van der Waals surface area contributed by atoms with Crippen molar-refractivity contribution in [3.63, 3.8) is 0 Å². The second kappa shape index (κ2) is 3.20. The van der Waals surface area contributed by atoms with Crippen LogP contribution in [0, 0.1) is 0 Å². The molecule has 1 aromatic carbocycles. The fraction of sp³-hybridized carbons (Fsp3) is 0.333. The molecule has 0 bridgehead atoms. The van der Waals surface area contributed by atoms with Crippen LogP contribution < -0.4 is 4.74 Å². The average molecular weight is 245 g/mol. The van der Waals surface area contributed by atoms with Crippen molar-refractivity contribution in [1.82, 2.24) is 0 Å². The number of halogens is 1. The summed E-state index contributed by atoms with van der Waals surface area (Å²) in [6.45, 7) is 2.26. The van der Waals surface area contributed by atoms with Gasteiger partial charge in [-0.2, -0.15) is 0 Å². The first kappa shape index (κ1) is 8.84. The third-order valence-electron chi connectivity index (χ3n) is 1.93. The van der Waals surface area contributed by atoms with Gasteiger partial charge in [0.2, 0.25) is 0 Å². The lowest BCUT2D eigenvalue weighted by molar-refractivity contribution is -0.0958. The van der Waals surface area contributed by atoms with Crippen molar-refractivity contribution in [2.45, 2.75) is 19.8 Å². The molecule has 13 heavy (non-hydrogen) atoms. The zero-order chi connectivity index (χ0) is 9.42. The molecule has 1 unspecified atom stereocenters. The summed E-state index contributed by atoms with van der Waals surface area (Å²) in [6, 6.07) is 3.37. The van der Waals surface area contributed by atoms with Gasteiger partial charge in [-0.1, -0.05) is 15.9 Å². The topological polar surface area (TPSA) is 38.7 Å². The first-order valence-electron chi connectivity index (χ1n) is 3.97. The number of phenolic OH excluding ortho intramolecular Hbond substituents is 1. The Morgan fingerprint density at radius 3 is 3.08 bits per heavy atom. The van der Waals surface area contributed by atoms with Crippen molar-refractivity contribution >= 4 is 15.9 Å². The highest BCUT2D eigenvalue weighted by Crippen LogP contribution is 2.39. The van der Waals surface area contributed by atoms with Gasteiger partial charge in [-0.15, -0.1) is 0 Å². The molecular formula is C9H9BrO3. The monoisotopic (exact) mass is 244 g/mol. The number of ether oxygens (including phenoxy) is 2. The lowest BCUT2D eigenvalue weighted by atomic mass is 10.2. The van der Waals surface area contributed by atoms with Gasteiger partial charge < -0.3 is 14.6 Å². The molecule has 1 heterocycles. The minimum absolute atomic E-state index is 0.161. The summed E-state index contributed by atoms with van der Waals surface area (Å²) in [6.07, 6.45) is -0.298. The smallest absolute Gasteiger partial charge is 0.197 e. The molecule has 4 heteroatoms. The van der Waals surface area contributed by atoms with E-state index in [2.05, 4.69) is 15.9 Å². The van der Waals surface area contributed by atoms with Crippen molar-refractivity contribution in [3.8, 4) is 11.5 Å². The number of fused-ring (bicyclic) bond motifs is 1. The molecule has 0 spiro atoms. The van der Waals surface area contributed by atoms with Gasteiger partial charge in [-0.05, 0) is 19.1 Å². The van der Waals surface area contributed by atoms with Crippen molar-refractivity contribution in [2.75, 3.05) is 0 Å². The standard InChI is InChI=1S/C9H9BrO3/c1-5-12-4-6-7(10)2-3-8(11)9(6)13-5/h2-3,5,11H,4H2,1H3. The molecular weight excluding hydrogens is 236 g/mol. The predicted molar refractivity (Wildman–Crippen MR) is 50.7 cm³/mol. The maximum absolute atomic E-state index is 9.50. The Balaban J connectivity index is 2.51. The minimum atomic E-state index is -0.298. The summed E-state index contributed by atoms with van der Waals surface area (Å²) in [5, 5.41) is 9.50. The first-order chi connectivity index (χ1) is 6.18. The van der Waals surface area contributed by atoms with E-state index in [0.29, 0.717) is 12.4 Å². The molecule has 0 saturated carbocycles. The Bertz CT molecular complexity index is 338. The highest BCUT2D eigenvalue weighted by atomic mass is 79.9. The van der Waals surface area contributed by atoms with Crippen LogP contribution in [0.1, 0.15) is 12.5 Å². The van der Waals surface area contributed by atoms with Crippen LogP contribution in [0.2, 0.25) is 0 Å². The number of benzene rings is 1. The SMILES string of the molecule is CC1OCc2c(Br)ccc(O)c2O1. The van der Waals surface area contributed by atoms with Crippen LogP contribution in [0.4, 0.5) is 0 Å². The van der Waals surface area contributed by atoms with Crippen LogP contribution in [0.3, 0.4) is 0 Å². The molecule has 2 rings (SSSR count). The largest absolute Gasteiger partial charge is 0.504 e. The molecule has 0 fully saturated rings. The van der Waals surface area contributed by atoms with E-state index in [-0.39, 0.29) is 12.0 Å². The summed E-state index contributed by atoms with van der Waals surface area (Å²) in [7, 11) is 0. The quantitative estimate of drug-likeness (QED) is 0.762. The second-order valence-corrected chi connectivity index (χ2v) is 3.73. The van der Waals surface area contributed by atoms with Crippen molar-refractivity contribution < 1.29 is 14.6 Å². The van der Waals surface area contributed by atoms with Crippen LogP contribution in [-0.2, 0) is 11.3 Å². The number of aromatic hydroxyl groups is 1. The van der Waals surface area contributed by atoms with Gasteiger partial charge >= 0.3 is 0 Å². The number of hydrogen-bond acceptors (Lipinski definition) is 3. The maximum atomic E-state index is 9.50. The van der Waals surface area contributed by atoms with E-state index in [0.717, 1.165) is 10.0 Å². The zero-order valence-corrected chi connectivity index (χ0v) is 8.67. The van der Waals surface area contributed by atoms with Crippen LogP contribution in [0.15, 0.2) is 16.6 Å². The van der Waals surface area contributed by atoms with Crippen LogP contribution >= 0.6 is 15.9 Å². The van der Waals surface area contributed by atoms with E-state index >= 15 is 0 Å². The third kappa shape index (κ3) is 1.51. The van der Waals surface area contributed by atoms with Gasteiger partial charge in [-0.3, -0.25) is 0 Å². The van der Waals surface area contributed by atoms with Crippen LogP contribution in [0.5, 0.6) is 11.5 Å². The molecule has 0 amide bonds. The fourth-order valence-corrected chi connectivity index (χ4v) is 1.68. The molecule has 1 aliphatic heterocycles. The normalized spacial score (nSPS) is 20.6. The van der Waals surface area contributed by atoms with Gasteiger partial charge in [0, 0.05) is 10.0 Å². The molecule has 0 saturated heterocycles.